The van der Waals surface area contributed by atoms with Crippen LogP contribution in [-0.2, 0) is 25.7 Å². The Bertz CT molecular complexity index is 1180. The lowest BCUT2D eigenvalue weighted by Crippen LogP contribution is -2.54. The van der Waals surface area contributed by atoms with E-state index < -0.39 is 29.5 Å². The average molecular weight is 590 g/mol. The van der Waals surface area contributed by atoms with Gasteiger partial charge >= 0.3 is 6.09 Å². The van der Waals surface area contributed by atoms with E-state index in [1.807, 2.05) is 42.5 Å². The molecule has 13 nitrogen and oxygen atoms in total. The molecule has 0 aliphatic carbocycles. The molecule has 2 heterocycles. The Morgan fingerprint density at radius 3 is 2.55 bits per heavy atom. The molecule has 0 radical (unpaired) electrons. The molecule has 0 spiro atoms. The van der Waals surface area contributed by atoms with Crippen molar-refractivity contribution in [2.75, 3.05) is 65.1 Å². The number of hydrogen-bond acceptors (Lipinski definition) is 10. The van der Waals surface area contributed by atoms with Gasteiger partial charge in [0.05, 0.1) is 57.9 Å². The van der Waals surface area contributed by atoms with E-state index in [1.165, 1.54) is 11.8 Å². The van der Waals surface area contributed by atoms with Crippen molar-refractivity contribution in [2.45, 2.75) is 44.2 Å². The van der Waals surface area contributed by atoms with E-state index in [9.17, 15) is 20.0 Å². The van der Waals surface area contributed by atoms with Crippen LogP contribution in [-0.4, -0.2) is 99.7 Å². The van der Waals surface area contributed by atoms with E-state index in [0.29, 0.717) is 19.0 Å². The Hall–Kier alpha value is -3.81. The van der Waals surface area contributed by atoms with Gasteiger partial charge in [-0.3, -0.25) is 0 Å². The Kier molecular flexibility index (Phi) is 11.0. The fourth-order valence-corrected chi connectivity index (χ4v) is 5.38. The van der Waals surface area contributed by atoms with Crippen molar-refractivity contribution in [1.29, 1.82) is 0 Å². The Morgan fingerprint density at radius 1 is 1.14 bits per heavy atom. The maximum Gasteiger partial charge on any atom is 0.407 e. The van der Waals surface area contributed by atoms with Crippen LogP contribution in [0.5, 0.6) is 11.5 Å². The predicted molar refractivity (Wildman–Crippen MR) is 152 cm³/mol. The molecule has 2 aliphatic heterocycles. The second kappa shape index (κ2) is 14.9. The van der Waals surface area contributed by atoms with Gasteiger partial charge in [-0.2, -0.15) is 0 Å². The largest absolute Gasteiger partial charge is 0.497 e. The van der Waals surface area contributed by atoms with Gasteiger partial charge in [-0.15, -0.1) is 10.1 Å². The topological polar surface area (TPSA) is 142 Å². The minimum atomic E-state index is -1.10. The Morgan fingerprint density at radius 2 is 1.88 bits per heavy atom. The van der Waals surface area contributed by atoms with Gasteiger partial charge in [-0.25, -0.2) is 4.79 Å². The van der Waals surface area contributed by atoms with Crippen LogP contribution in [0.25, 0.3) is 0 Å². The highest BCUT2D eigenvalue weighted by molar-refractivity contribution is 5.65. The molecule has 4 atom stereocenters. The van der Waals surface area contributed by atoms with Crippen molar-refractivity contribution >= 4 is 11.8 Å². The number of nitrogens with zero attached hydrogens (tertiary/aromatic N) is 3. The molecule has 4 rings (SSSR count). The van der Waals surface area contributed by atoms with Gasteiger partial charge in [0, 0.05) is 26.2 Å². The minimum absolute atomic E-state index is 0.0731. The zero-order chi connectivity index (χ0) is 30.1. The van der Waals surface area contributed by atoms with E-state index in [2.05, 4.69) is 9.74 Å². The highest BCUT2D eigenvalue weighted by Crippen LogP contribution is 2.36. The molecule has 0 aromatic heterocycles. The first-order valence-electron chi connectivity index (χ1n) is 13.9. The predicted octanol–water partition coefficient (Wildman–Crippen LogP) is 3.58. The summed E-state index contributed by atoms with van der Waals surface area (Å²) in [7, 11) is 3.27. The van der Waals surface area contributed by atoms with Crippen LogP contribution in [0.2, 0.25) is 0 Å². The van der Waals surface area contributed by atoms with Crippen molar-refractivity contribution in [2.24, 2.45) is 0 Å². The second-order valence-electron chi connectivity index (χ2n) is 10.3. The summed E-state index contributed by atoms with van der Waals surface area (Å²) in [6.07, 6.45) is -2.25. The fraction of sp³-hybridized carbons (Fsp3) is 0.552. The van der Waals surface area contributed by atoms with Crippen LogP contribution in [0.15, 0.2) is 42.5 Å². The first kappa shape index (κ1) is 31.1. The molecule has 0 unspecified atom stereocenters. The summed E-state index contributed by atoms with van der Waals surface area (Å²) >= 11 is 0. The van der Waals surface area contributed by atoms with Gasteiger partial charge in [-0.05, 0) is 48.7 Å². The quantitative estimate of drug-likeness (QED) is 0.196. The third-order valence-electron chi connectivity index (χ3n) is 7.41. The number of methoxy groups -OCH3 is 2. The number of piperidine rings is 1. The molecule has 2 aliphatic rings. The number of benzene rings is 2. The van der Waals surface area contributed by atoms with E-state index in [1.54, 1.807) is 14.2 Å². The number of fused-ring (bicyclic) bond motifs is 1. The number of rotatable bonds is 14. The van der Waals surface area contributed by atoms with Crippen LogP contribution >= 0.6 is 0 Å². The zero-order valence-corrected chi connectivity index (χ0v) is 24.2. The molecule has 2 aromatic rings. The lowest BCUT2D eigenvalue weighted by molar-refractivity contribution is -0.768. The lowest BCUT2D eigenvalue weighted by Gasteiger charge is -2.43. The van der Waals surface area contributed by atoms with Crippen molar-refractivity contribution in [3.05, 3.63) is 63.7 Å². The number of anilines is 1. The molecular weight excluding hydrogens is 550 g/mol. The number of ether oxygens (including phenoxy) is 5. The van der Waals surface area contributed by atoms with Crippen molar-refractivity contribution in [3.63, 3.8) is 0 Å². The van der Waals surface area contributed by atoms with E-state index in [0.717, 1.165) is 42.1 Å². The fourth-order valence-electron chi connectivity index (χ4n) is 5.38. The first-order valence-corrected chi connectivity index (χ1v) is 13.9. The third kappa shape index (κ3) is 8.14. The van der Waals surface area contributed by atoms with Gasteiger partial charge in [0.15, 0.2) is 0 Å². The van der Waals surface area contributed by atoms with Gasteiger partial charge in [-0.1, -0.05) is 18.2 Å². The Balaban J connectivity index is 1.56. The molecular formula is C29H39N3O10. The lowest BCUT2D eigenvalue weighted by atomic mass is 9.84. The molecule has 42 heavy (non-hydrogen) atoms. The van der Waals surface area contributed by atoms with Gasteiger partial charge in [0.25, 0.3) is 5.09 Å². The van der Waals surface area contributed by atoms with Crippen LogP contribution in [0.4, 0.5) is 10.5 Å². The number of likely N-dealkylation sites (tertiary alicyclic amines) is 1. The minimum Gasteiger partial charge on any atom is -0.497 e. The van der Waals surface area contributed by atoms with Crippen molar-refractivity contribution < 1.29 is 43.5 Å². The van der Waals surface area contributed by atoms with Crippen LogP contribution in [0.1, 0.15) is 30.4 Å². The normalized spacial score (nSPS) is 20.8. The Labute approximate surface area is 244 Å². The molecule has 1 N–H and O–H groups in total. The monoisotopic (exact) mass is 589 g/mol. The molecule has 13 heteroatoms. The molecule has 1 saturated heterocycles. The summed E-state index contributed by atoms with van der Waals surface area (Å²) in [4.78, 5) is 31.0. The average Bonchev–Trinajstić information content (AvgIpc) is 2.98. The number of amides is 1. The number of hydrogen-bond donors (Lipinski definition) is 1. The highest BCUT2D eigenvalue weighted by Gasteiger charge is 2.41. The third-order valence-corrected chi connectivity index (χ3v) is 7.41. The van der Waals surface area contributed by atoms with Gasteiger partial charge in [0.2, 0.25) is 0 Å². The van der Waals surface area contributed by atoms with E-state index in [4.69, 9.17) is 23.7 Å². The highest BCUT2D eigenvalue weighted by atomic mass is 17.0. The maximum absolute atomic E-state index is 12.1. The molecule has 0 bridgehead atoms. The SMILES string of the molecule is COCCCN1CCOc2ccc(CO[C@H]3CN(C(=O)O)C[C@@H](OC[C@H](C)O[N+](=O)[O-])[C@@H]3c3ccc(OC)cc3)cc21. The van der Waals surface area contributed by atoms with E-state index >= 15 is 0 Å². The van der Waals surface area contributed by atoms with E-state index in [-0.39, 0.29) is 32.2 Å². The molecule has 1 fully saturated rings. The summed E-state index contributed by atoms with van der Waals surface area (Å²) in [5.74, 6) is 1.13. The van der Waals surface area contributed by atoms with Crippen LogP contribution < -0.4 is 14.4 Å². The van der Waals surface area contributed by atoms with Crippen molar-refractivity contribution in [1.82, 2.24) is 4.90 Å². The summed E-state index contributed by atoms with van der Waals surface area (Å²) in [5.41, 5.74) is 2.78. The molecule has 2 aromatic carbocycles. The number of carboxylic acid groups (broad SMARTS) is 1. The summed E-state index contributed by atoms with van der Waals surface area (Å²) in [5, 5.41) is 19.8. The second-order valence-corrected chi connectivity index (χ2v) is 10.3. The van der Waals surface area contributed by atoms with Crippen LogP contribution in [0.3, 0.4) is 0 Å². The zero-order valence-electron chi connectivity index (χ0n) is 24.2. The molecule has 230 valence electrons. The van der Waals surface area contributed by atoms with Gasteiger partial charge < -0.3 is 43.4 Å². The smallest absolute Gasteiger partial charge is 0.407 e. The first-order chi connectivity index (χ1) is 20.3. The van der Waals surface area contributed by atoms with Crippen LogP contribution in [0, 0.1) is 10.1 Å². The summed E-state index contributed by atoms with van der Waals surface area (Å²) in [6.45, 7) is 4.75. The number of carbonyl (C=O) groups is 1. The van der Waals surface area contributed by atoms with Crippen molar-refractivity contribution in [3.8, 4) is 11.5 Å². The summed E-state index contributed by atoms with van der Waals surface area (Å²) in [6, 6.07) is 13.4. The van der Waals surface area contributed by atoms with Gasteiger partial charge in [0.1, 0.15) is 24.2 Å². The molecule has 0 saturated carbocycles. The molecule has 1 amide bonds. The standard InChI is InChI=1S/C29H39N3O10/c1-20(42-32(35)36)18-40-26-16-31(29(33)34)17-27(28(26)22-6-8-23(38-3)9-7-22)41-19-21-5-10-25-24(15-21)30(12-14-39-25)11-4-13-37-2/h5-10,15,20,26-28H,4,11-14,16-19H2,1-3H3,(H,33,34)/t20-,26+,27-,28-/m0/s1. The maximum atomic E-state index is 12.1. The summed E-state index contributed by atoms with van der Waals surface area (Å²) < 4.78 is 28.9.